The second-order valence-corrected chi connectivity index (χ2v) is 7.72. The van der Waals surface area contributed by atoms with Gasteiger partial charge in [-0.1, -0.05) is 12.1 Å². The van der Waals surface area contributed by atoms with Gasteiger partial charge in [0.25, 0.3) is 0 Å². The van der Waals surface area contributed by atoms with Gasteiger partial charge in [0.1, 0.15) is 0 Å². The van der Waals surface area contributed by atoms with Crippen LogP contribution >= 0.6 is 0 Å². The van der Waals surface area contributed by atoms with Crippen LogP contribution in [0.2, 0.25) is 0 Å². The lowest BCUT2D eigenvalue weighted by Crippen LogP contribution is -2.25. The SMILES string of the molecule is Cn1cc(CNS(=O)(=O)c2ccc3c(c2)CCCC3)ccc1=O. The van der Waals surface area contributed by atoms with Crippen LogP contribution < -0.4 is 10.3 Å². The lowest BCUT2D eigenvalue weighted by atomic mass is 9.92. The van der Waals surface area contributed by atoms with E-state index in [-0.39, 0.29) is 12.1 Å². The molecule has 3 rings (SSSR count). The van der Waals surface area contributed by atoms with Gasteiger partial charge in [0.05, 0.1) is 4.90 Å². The summed E-state index contributed by atoms with van der Waals surface area (Å²) in [5.41, 5.74) is 3.02. The van der Waals surface area contributed by atoms with Crippen LogP contribution in [-0.4, -0.2) is 13.0 Å². The first kappa shape index (κ1) is 16.0. The van der Waals surface area contributed by atoms with E-state index in [9.17, 15) is 13.2 Å². The highest BCUT2D eigenvalue weighted by molar-refractivity contribution is 7.89. The first-order valence-corrected chi connectivity index (χ1v) is 9.21. The van der Waals surface area contributed by atoms with E-state index in [0.717, 1.165) is 30.4 Å². The smallest absolute Gasteiger partial charge is 0.250 e. The predicted octanol–water partition coefficient (Wildman–Crippen LogP) is 1.74. The molecule has 0 saturated carbocycles. The van der Waals surface area contributed by atoms with Crippen molar-refractivity contribution in [3.8, 4) is 0 Å². The Morgan fingerprint density at radius 3 is 2.57 bits per heavy atom. The van der Waals surface area contributed by atoms with E-state index >= 15 is 0 Å². The van der Waals surface area contributed by atoms with Crippen molar-refractivity contribution in [1.29, 1.82) is 0 Å². The second kappa shape index (κ2) is 6.29. The van der Waals surface area contributed by atoms with E-state index in [1.54, 1.807) is 31.4 Å². The lowest BCUT2D eigenvalue weighted by molar-refractivity contribution is 0.580. The van der Waals surface area contributed by atoms with Gasteiger partial charge in [0.15, 0.2) is 0 Å². The zero-order valence-corrected chi connectivity index (χ0v) is 13.9. The predicted molar refractivity (Wildman–Crippen MR) is 88.8 cm³/mol. The fourth-order valence-electron chi connectivity index (χ4n) is 2.89. The van der Waals surface area contributed by atoms with Crippen molar-refractivity contribution in [3.05, 3.63) is 63.6 Å². The minimum Gasteiger partial charge on any atom is -0.318 e. The average molecular weight is 332 g/mol. The third-order valence-electron chi connectivity index (χ3n) is 4.24. The highest BCUT2D eigenvalue weighted by Crippen LogP contribution is 2.24. The number of sulfonamides is 1. The van der Waals surface area contributed by atoms with Crippen molar-refractivity contribution in [2.75, 3.05) is 0 Å². The number of hydrogen-bond acceptors (Lipinski definition) is 3. The van der Waals surface area contributed by atoms with E-state index in [2.05, 4.69) is 4.72 Å². The van der Waals surface area contributed by atoms with Crippen LogP contribution in [-0.2, 0) is 36.5 Å². The van der Waals surface area contributed by atoms with Gasteiger partial charge in [-0.05, 0) is 54.5 Å². The normalized spacial score (nSPS) is 14.5. The summed E-state index contributed by atoms with van der Waals surface area (Å²) in [4.78, 5) is 11.7. The molecule has 0 radical (unpaired) electrons. The van der Waals surface area contributed by atoms with Gasteiger partial charge >= 0.3 is 0 Å². The number of nitrogens with zero attached hydrogens (tertiary/aromatic N) is 1. The number of pyridine rings is 1. The van der Waals surface area contributed by atoms with E-state index in [4.69, 9.17) is 0 Å². The van der Waals surface area contributed by atoms with Crippen LogP contribution in [0.5, 0.6) is 0 Å². The largest absolute Gasteiger partial charge is 0.318 e. The van der Waals surface area contributed by atoms with E-state index in [1.165, 1.54) is 22.6 Å². The minimum atomic E-state index is -3.55. The van der Waals surface area contributed by atoms with Crippen LogP contribution in [0, 0.1) is 0 Å². The van der Waals surface area contributed by atoms with Crippen molar-refractivity contribution in [1.82, 2.24) is 9.29 Å². The summed E-state index contributed by atoms with van der Waals surface area (Å²) in [6.07, 6.45) is 5.89. The zero-order chi connectivity index (χ0) is 16.4. The zero-order valence-electron chi connectivity index (χ0n) is 13.1. The highest BCUT2D eigenvalue weighted by Gasteiger charge is 2.17. The number of rotatable bonds is 4. The lowest BCUT2D eigenvalue weighted by Gasteiger charge is -2.16. The summed E-state index contributed by atoms with van der Waals surface area (Å²) in [5.74, 6) is 0. The van der Waals surface area contributed by atoms with Crippen LogP contribution in [0.25, 0.3) is 0 Å². The average Bonchev–Trinajstić information content (AvgIpc) is 2.55. The molecule has 0 bridgehead atoms. The minimum absolute atomic E-state index is 0.119. The summed E-state index contributed by atoms with van der Waals surface area (Å²) in [6.45, 7) is 0.160. The molecular formula is C17H20N2O3S. The van der Waals surface area contributed by atoms with Crippen molar-refractivity contribution in [2.45, 2.75) is 37.1 Å². The molecule has 0 spiro atoms. The fourth-order valence-corrected chi connectivity index (χ4v) is 3.96. The van der Waals surface area contributed by atoms with Gasteiger partial charge < -0.3 is 4.57 Å². The number of nitrogens with one attached hydrogen (secondary N) is 1. The summed E-state index contributed by atoms with van der Waals surface area (Å²) in [7, 11) is -1.91. The number of fused-ring (bicyclic) bond motifs is 1. The Labute approximate surface area is 136 Å². The molecule has 0 fully saturated rings. The van der Waals surface area contributed by atoms with Crippen LogP contribution in [0.1, 0.15) is 29.5 Å². The Kier molecular flexibility index (Phi) is 4.37. The molecule has 6 heteroatoms. The Morgan fingerprint density at radius 1 is 1.09 bits per heavy atom. The Balaban J connectivity index is 1.78. The first-order valence-electron chi connectivity index (χ1n) is 7.73. The molecule has 1 aromatic heterocycles. The molecule has 0 aliphatic heterocycles. The van der Waals surface area contributed by atoms with Gasteiger partial charge in [-0.2, -0.15) is 0 Å². The van der Waals surface area contributed by atoms with Crippen LogP contribution in [0.3, 0.4) is 0 Å². The molecule has 23 heavy (non-hydrogen) atoms. The maximum Gasteiger partial charge on any atom is 0.250 e. The van der Waals surface area contributed by atoms with Crippen molar-refractivity contribution in [3.63, 3.8) is 0 Å². The van der Waals surface area contributed by atoms with Crippen molar-refractivity contribution in [2.24, 2.45) is 7.05 Å². The topological polar surface area (TPSA) is 68.2 Å². The maximum absolute atomic E-state index is 12.5. The van der Waals surface area contributed by atoms with Gasteiger partial charge in [-0.15, -0.1) is 0 Å². The molecule has 0 saturated heterocycles. The quantitative estimate of drug-likeness (QED) is 0.927. The summed E-state index contributed by atoms with van der Waals surface area (Å²) in [6, 6.07) is 8.46. The third-order valence-corrected chi connectivity index (χ3v) is 5.64. The van der Waals surface area contributed by atoms with Gasteiger partial charge in [-0.3, -0.25) is 4.79 Å². The summed E-state index contributed by atoms with van der Waals surface area (Å²) < 4.78 is 29.0. The van der Waals surface area contributed by atoms with Crippen LogP contribution in [0.15, 0.2) is 46.2 Å². The molecule has 1 heterocycles. The van der Waals surface area contributed by atoms with Gasteiger partial charge in [0, 0.05) is 25.9 Å². The molecule has 1 aliphatic rings. The molecule has 5 nitrogen and oxygen atoms in total. The molecule has 0 amide bonds. The van der Waals surface area contributed by atoms with Gasteiger partial charge in [-0.25, -0.2) is 13.1 Å². The molecule has 0 unspecified atom stereocenters. The maximum atomic E-state index is 12.5. The number of aryl methyl sites for hydroxylation is 3. The number of aromatic nitrogens is 1. The molecule has 122 valence electrons. The fraction of sp³-hybridized carbons (Fsp3) is 0.353. The highest BCUT2D eigenvalue weighted by atomic mass is 32.2. The molecule has 0 atom stereocenters. The monoisotopic (exact) mass is 332 g/mol. The van der Waals surface area contributed by atoms with E-state index < -0.39 is 10.0 Å². The Hall–Kier alpha value is -1.92. The van der Waals surface area contributed by atoms with Crippen molar-refractivity contribution >= 4 is 10.0 Å². The Morgan fingerprint density at radius 2 is 1.83 bits per heavy atom. The Bertz CT molecular complexity index is 885. The van der Waals surface area contributed by atoms with E-state index in [0.29, 0.717) is 4.90 Å². The van der Waals surface area contributed by atoms with Gasteiger partial charge in [0.2, 0.25) is 15.6 Å². The summed E-state index contributed by atoms with van der Waals surface area (Å²) >= 11 is 0. The molecule has 1 N–H and O–H groups in total. The van der Waals surface area contributed by atoms with Crippen LogP contribution in [0.4, 0.5) is 0 Å². The molecule has 1 aromatic carbocycles. The molecular weight excluding hydrogens is 312 g/mol. The number of hydrogen-bond donors (Lipinski definition) is 1. The molecule has 1 aliphatic carbocycles. The van der Waals surface area contributed by atoms with Crippen molar-refractivity contribution < 1.29 is 8.42 Å². The molecule has 2 aromatic rings. The standard InChI is InChI=1S/C17H20N2O3S/c1-19-12-13(6-9-17(19)20)11-18-23(21,22)16-8-7-14-4-2-3-5-15(14)10-16/h6-10,12,18H,2-5,11H2,1H3. The summed E-state index contributed by atoms with van der Waals surface area (Å²) in [5, 5.41) is 0. The second-order valence-electron chi connectivity index (χ2n) is 5.95. The number of benzene rings is 1. The van der Waals surface area contributed by atoms with E-state index in [1.807, 2.05) is 6.07 Å². The third kappa shape index (κ3) is 3.54. The first-order chi connectivity index (χ1) is 11.0.